The van der Waals surface area contributed by atoms with Crippen molar-refractivity contribution in [3.63, 3.8) is 0 Å². The fourth-order valence-electron chi connectivity index (χ4n) is 3.53. The number of ether oxygens (including phenoxy) is 2. The van der Waals surface area contributed by atoms with Crippen molar-refractivity contribution in [3.05, 3.63) is 82.2 Å². The molecule has 8 heteroatoms. The van der Waals surface area contributed by atoms with Crippen molar-refractivity contribution >= 4 is 44.8 Å². The largest absolute Gasteiger partial charge is 0.497 e. The molecule has 1 heterocycles. The number of amides is 1. The standard InChI is InChI=1S/C26H21NO6S/c1-14-4-10-19(15(2)12-14)22(28)24-23(20-11-9-18(32-3)13-21(20)34-24)33-17-7-5-16(6-8-17)27-25(29)26(30)31/h4-13H,1-3H3,(H,27,29)(H,30,31). The van der Waals surface area contributed by atoms with Gasteiger partial charge in [0.15, 0.2) is 5.75 Å². The monoisotopic (exact) mass is 475 g/mol. The Hall–Kier alpha value is -4.17. The Bertz CT molecular complexity index is 1420. The molecule has 0 atom stereocenters. The van der Waals surface area contributed by atoms with Crippen LogP contribution in [-0.4, -0.2) is 29.9 Å². The molecule has 0 spiro atoms. The molecular formula is C26H21NO6S. The van der Waals surface area contributed by atoms with Crippen molar-refractivity contribution in [2.45, 2.75) is 13.8 Å². The van der Waals surface area contributed by atoms with E-state index in [4.69, 9.17) is 14.6 Å². The first-order valence-corrected chi connectivity index (χ1v) is 11.1. The number of ketones is 1. The van der Waals surface area contributed by atoms with E-state index in [2.05, 4.69) is 5.32 Å². The summed E-state index contributed by atoms with van der Waals surface area (Å²) in [5.74, 6) is -1.32. The van der Waals surface area contributed by atoms with Crippen molar-refractivity contribution in [2.75, 3.05) is 12.4 Å². The summed E-state index contributed by atoms with van der Waals surface area (Å²) in [4.78, 5) is 36.1. The number of carboxylic acids is 1. The van der Waals surface area contributed by atoms with Crippen molar-refractivity contribution in [2.24, 2.45) is 0 Å². The first kappa shape index (κ1) is 23.0. The fourth-order valence-corrected chi connectivity index (χ4v) is 4.64. The molecule has 4 aromatic rings. The van der Waals surface area contributed by atoms with Crippen LogP contribution in [0.5, 0.6) is 17.2 Å². The lowest BCUT2D eigenvalue weighted by molar-refractivity contribution is -0.147. The van der Waals surface area contributed by atoms with Crippen LogP contribution in [0.1, 0.15) is 26.4 Å². The summed E-state index contributed by atoms with van der Waals surface area (Å²) in [6, 6.07) is 17.4. The summed E-state index contributed by atoms with van der Waals surface area (Å²) < 4.78 is 12.3. The quantitative estimate of drug-likeness (QED) is 0.279. The highest BCUT2D eigenvalue weighted by atomic mass is 32.1. The normalized spacial score (nSPS) is 10.7. The number of carbonyl (C=O) groups is 3. The first-order valence-electron chi connectivity index (χ1n) is 10.3. The number of hydrogen-bond acceptors (Lipinski definition) is 6. The summed E-state index contributed by atoms with van der Waals surface area (Å²) in [6.07, 6.45) is 0. The summed E-state index contributed by atoms with van der Waals surface area (Å²) in [5.41, 5.74) is 2.86. The fraction of sp³-hybridized carbons (Fsp3) is 0.115. The molecule has 172 valence electrons. The van der Waals surface area contributed by atoms with Crippen molar-refractivity contribution in [1.29, 1.82) is 0 Å². The van der Waals surface area contributed by atoms with Gasteiger partial charge in [0.05, 0.1) is 7.11 Å². The Morgan fingerprint density at radius 2 is 1.62 bits per heavy atom. The van der Waals surface area contributed by atoms with Gasteiger partial charge < -0.3 is 19.9 Å². The van der Waals surface area contributed by atoms with E-state index < -0.39 is 11.9 Å². The van der Waals surface area contributed by atoms with Crippen LogP contribution in [0, 0.1) is 13.8 Å². The van der Waals surface area contributed by atoms with Crippen LogP contribution in [0.15, 0.2) is 60.7 Å². The lowest BCUT2D eigenvalue weighted by Crippen LogP contribution is -2.21. The maximum Gasteiger partial charge on any atom is 0.394 e. The van der Waals surface area contributed by atoms with Crippen LogP contribution in [-0.2, 0) is 9.59 Å². The summed E-state index contributed by atoms with van der Waals surface area (Å²) in [7, 11) is 1.58. The third kappa shape index (κ3) is 4.62. The summed E-state index contributed by atoms with van der Waals surface area (Å²) in [6.45, 7) is 3.88. The van der Waals surface area contributed by atoms with Crippen LogP contribution >= 0.6 is 11.3 Å². The zero-order chi connectivity index (χ0) is 24.4. The van der Waals surface area contributed by atoms with Gasteiger partial charge in [0, 0.05) is 21.3 Å². The van der Waals surface area contributed by atoms with Crippen LogP contribution in [0.25, 0.3) is 10.1 Å². The average molecular weight is 476 g/mol. The number of aliphatic carboxylic acids is 1. The van der Waals surface area contributed by atoms with Gasteiger partial charge in [0.25, 0.3) is 0 Å². The van der Waals surface area contributed by atoms with E-state index in [1.807, 2.05) is 44.2 Å². The highest BCUT2D eigenvalue weighted by Gasteiger charge is 2.23. The highest BCUT2D eigenvalue weighted by Crippen LogP contribution is 2.43. The number of carboxylic acid groups (broad SMARTS) is 1. The lowest BCUT2D eigenvalue weighted by atomic mass is 10.0. The molecule has 0 unspecified atom stereocenters. The summed E-state index contributed by atoms with van der Waals surface area (Å²) >= 11 is 1.33. The number of fused-ring (bicyclic) bond motifs is 1. The van der Waals surface area contributed by atoms with Crippen molar-refractivity contribution in [1.82, 2.24) is 0 Å². The molecule has 0 aliphatic heterocycles. The summed E-state index contributed by atoms with van der Waals surface area (Å²) in [5, 5.41) is 11.8. The molecule has 0 bridgehead atoms. The smallest absolute Gasteiger partial charge is 0.394 e. The van der Waals surface area contributed by atoms with Crippen LogP contribution in [0.2, 0.25) is 0 Å². The third-order valence-corrected chi connectivity index (χ3v) is 6.34. The Morgan fingerprint density at radius 1 is 0.912 bits per heavy atom. The first-order chi connectivity index (χ1) is 16.3. The van der Waals surface area contributed by atoms with E-state index in [0.717, 1.165) is 21.2 Å². The second kappa shape index (κ2) is 9.36. The van der Waals surface area contributed by atoms with Gasteiger partial charge in [-0.1, -0.05) is 23.8 Å². The van der Waals surface area contributed by atoms with Gasteiger partial charge in [-0.2, -0.15) is 0 Å². The van der Waals surface area contributed by atoms with Gasteiger partial charge in [-0.25, -0.2) is 4.79 Å². The molecule has 4 rings (SSSR count). The van der Waals surface area contributed by atoms with Gasteiger partial charge >= 0.3 is 11.9 Å². The number of aryl methyl sites for hydroxylation is 2. The Balaban J connectivity index is 1.74. The number of benzene rings is 3. The number of rotatable bonds is 6. The number of thiophene rings is 1. The maximum atomic E-state index is 13.5. The van der Waals surface area contributed by atoms with Gasteiger partial charge in [-0.15, -0.1) is 11.3 Å². The number of nitrogens with one attached hydrogen (secondary N) is 1. The van der Waals surface area contributed by atoms with Gasteiger partial charge in [0.1, 0.15) is 16.4 Å². The van der Waals surface area contributed by atoms with Gasteiger partial charge in [0.2, 0.25) is 5.78 Å². The molecule has 34 heavy (non-hydrogen) atoms. The molecule has 0 aliphatic rings. The van der Waals surface area contributed by atoms with E-state index in [0.29, 0.717) is 33.4 Å². The second-order valence-electron chi connectivity index (χ2n) is 7.66. The molecule has 1 amide bonds. The average Bonchev–Trinajstić information content (AvgIpc) is 3.17. The molecule has 0 aliphatic carbocycles. The Kier molecular flexibility index (Phi) is 6.34. The topological polar surface area (TPSA) is 102 Å². The highest BCUT2D eigenvalue weighted by molar-refractivity contribution is 7.21. The van der Waals surface area contributed by atoms with Crippen molar-refractivity contribution < 1.29 is 29.0 Å². The van der Waals surface area contributed by atoms with E-state index in [9.17, 15) is 14.4 Å². The minimum atomic E-state index is -1.57. The number of hydrogen-bond donors (Lipinski definition) is 2. The number of carbonyl (C=O) groups excluding carboxylic acids is 2. The van der Waals surface area contributed by atoms with E-state index >= 15 is 0 Å². The van der Waals surface area contributed by atoms with Gasteiger partial charge in [-0.3, -0.25) is 9.59 Å². The zero-order valence-electron chi connectivity index (χ0n) is 18.7. The van der Waals surface area contributed by atoms with Crippen LogP contribution < -0.4 is 14.8 Å². The zero-order valence-corrected chi connectivity index (χ0v) is 19.5. The molecule has 7 nitrogen and oxygen atoms in total. The Morgan fingerprint density at radius 3 is 2.26 bits per heavy atom. The van der Waals surface area contributed by atoms with Gasteiger partial charge in [-0.05, 0) is 61.9 Å². The van der Waals surface area contributed by atoms with Crippen LogP contribution in [0.3, 0.4) is 0 Å². The van der Waals surface area contributed by atoms with E-state index in [1.54, 1.807) is 25.3 Å². The second-order valence-corrected chi connectivity index (χ2v) is 8.71. The minimum absolute atomic E-state index is 0.141. The molecule has 0 saturated carbocycles. The van der Waals surface area contributed by atoms with Crippen LogP contribution in [0.4, 0.5) is 5.69 Å². The maximum absolute atomic E-state index is 13.5. The third-order valence-electron chi connectivity index (χ3n) is 5.21. The molecule has 2 N–H and O–H groups in total. The number of methoxy groups -OCH3 is 1. The van der Waals surface area contributed by atoms with E-state index in [-0.39, 0.29) is 5.78 Å². The molecule has 0 saturated heterocycles. The molecular weight excluding hydrogens is 454 g/mol. The predicted octanol–water partition coefficient (Wildman–Crippen LogP) is 5.57. The lowest BCUT2D eigenvalue weighted by Gasteiger charge is -2.10. The van der Waals surface area contributed by atoms with E-state index in [1.165, 1.54) is 23.5 Å². The number of anilines is 1. The molecule has 0 radical (unpaired) electrons. The minimum Gasteiger partial charge on any atom is -0.497 e. The van der Waals surface area contributed by atoms with Crippen molar-refractivity contribution in [3.8, 4) is 17.2 Å². The molecule has 0 fully saturated rings. The molecule has 1 aromatic heterocycles. The Labute approximate surface area is 199 Å². The molecule has 3 aromatic carbocycles. The predicted molar refractivity (Wildman–Crippen MR) is 131 cm³/mol. The SMILES string of the molecule is COc1ccc2c(Oc3ccc(NC(=O)C(=O)O)cc3)c(C(=O)c3ccc(C)cc3C)sc2c1.